The lowest BCUT2D eigenvalue weighted by Gasteiger charge is -1.95. The standard InChI is InChI=1S/C21H34O2/c1-3-4-5-6-7-8-9-10-11-12-13-14-15-16-17-18-19-20-21(22)23-2/h7-8,10-11,13-14,16-17H,3-6,9,12,15,18-20H2,1-2H3/b8-7-,11-10-,14-13+,17-16-/i7D,8D,10D,11D,13D,14D,16D,17D. The highest BCUT2D eigenvalue weighted by atomic mass is 16.5. The largest absolute Gasteiger partial charge is 0.469 e. The zero-order chi connectivity index (χ0) is 24.0. The Balaban J connectivity index is 4.98. The Kier molecular flexibility index (Phi) is 8.89. The topological polar surface area (TPSA) is 26.3 Å². The minimum atomic E-state index is -0.390. The highest BCUT2D eigenvalue weighted by Gasteiger charge is 1.96. The molecule has 0 aromatic rings. The fourth-order valence-electron chi connectivity index (χ4n) is 1.57. The van der Waals surface area contributed by atoms with E-state index in [4.69, 9.17) is 11.0 Å². The summed E-state index contributed by atoms with van der Waals surface area (Å²) in [5.41, 5.74) is 0. The van der Waals surface area contributed by atoms with Crippen LogP contribution in [-0.4, -0.2) is 13.1 Å². The fourth-order valence-corrected chi connectivity index (χ4v) is 1.57. The maximum atomic E-state index is 11.1. The van der Waals surface area contributed by atoms with Crippen molar-refractivity contribution < 1.29 is 20.5 Å². The molecule has 0 N–H and O–H groups in total. The first-order valence-corrected chi connectivity index (χ1v) is 8.21. The Hall–Kier alpha value is -1.57. The van der Waals surface area contributed by atoms with Gasteiger partial charge in [-0.15, -0.1) is 0 Å². The van der Waals surface area contributed by atoms with E-state index in [1.807, 2.05) is 6.92 Å². The molecule has 0 radical (unpaired) electrons. The summed E-state index contributed by atoms with van der Waals surface area (Å²) in [7, 11) is 1.28. The van der Waals surface area contributed by atoms with Gasteiger partial charge in [-0.05, 0) is 44.9 Å². The zero-order valence-corrected chi connectivity index (χ0v) is 14.4. The van der Waals surface area contributed by atoms with Crippen LogP contribution in [0.4, 0.5) is 0 Å². The van der Waals surface area contributed by atoms with Gasteiger partial charge in [0.25, 0.3) is 0 Å². The number of esters is 1. The molecule has 0 spiro atoms. The predicted octanol–water partition coefficient (Wildman–Crippen LogP) is 6.31. The van der Waals surface area contributed by atoms with Crippen molar-refractivity contribution in [3.05, 3.63) is 48.4 Å². The first-order chi connectivity index (χ1) is 14.5. The minimum absolute atomic E-state index is 0.00496. The van der Waals surface area contributed by atoms with Gasteiger partial charge in [-0.25, -0.2) is 0 Å². The SMILES string of the molecule is [2H]/C(CCCCC)=C(\[2H])C/C([2H])=C(/[2H])C/C([2H])=C(\[2H])C/C([2H])=C(/[2H])CCCC(=O)OC. The maximum Gasteiger partial charge on any atom is 0.305 e. The van der Waals surface area contributed by atoms with Gasteiger partial charge in [0.15, 0.2) is 0 Å². The molecule has 0 aliphatic carbocycles. The maximum absolute atomic E-state index is 11.1. The average Bonchev–Trinajstić information content (AvgIpc) is 2.72. The summed E-state index contributed by atoms with van der Waals surface area (Å²) in [6.07, 6.45) is 3.33. The van der Waals surface area contributed by atoms with E-state index >= 15 is 0 Å². The lowest BCUT2D eigenvalue weighted by Crippen LogP contribution is -1.98. The van der Waals surface area contributed by atoms with E-state index in [0.29, 0.717) is 12.8 Å². The molecule has 0 amide bonds. The van der Waals surface area contributed by atoms with Crippen molar-refractivity contribution in [3.63, 3.8) is 0 Å². The predicted molar refractivity (Wildman–Crippen MR) is 100 cm³/mol. The smallest absolute Gasteiger partial charge is 0.305 e. The van der Waals surface area contributed by atoms with Crippen molar-refractivity contribution in [2.45, 2.75) is 71.1 Å². The zero-order valence-electron chi connectivity index (χ0n) is 22.4. The Bertz CT molecular complexity index is 723. The monoisotopic (exact) mass is 326 g/mol. The number of unbranched alkanes of at least 4 members (excludes halogenated alkanes) is 2. The van der Waals surface area contributed by atoms with Gasteiger partial charge >= 0.3 is 5.97 Å². The van der Waals surface area contributed by atoms with Crippen molar-refractivity contribution in [2.24, 2.45) is 0 Å². The summed E-state index contributed by atoms with van der Waals surface area (Å²) in [5, 5.41) is 0. The molecule has 0 aromatic carbocycles. The van der Waals surface area contributed by atoms with E-state index in [-0.39, 0.29) is 86.5 Å². The van der Waals surface area contributed by atoms with Crippen LogP contribution < -0.4 is 0 Å². The first-order valence-electron chi connectivity index (χ1n) is 12.2. The number of ether oxygens (including phenoxy) is 1. The lowest BCUT2D eigenvalue weighted by atomic mass is 10.2. The quantitative estimate of drug-likeness (QED) is 0.212. The van der Waals surface area contributed by atoms with E-state index in [9.17, 15) is 4.79 Å². The van der Waals surface area contributed by atoms with Crippen LogP contribution in [0.5, 0.6) is 0 Å². The number of carbonyl (C=O) groups is 1. The van der Waals surface area contributed by atoms with Gasteiger partial charge in [-0.1, -0.05) is 68.2 Å². The Morgan fingerprint density at radius 1 is 0.826 bits per heavy atom. The van der Waals surface area contributed by atoms with Crippen molar-refractivity contribution in [1.82, 2.24) is 0 Å². The summed E-state index contributed by atoms with van der Waals surface area (Å²) in [6, 6.07) is -0.756. The van der Waals surface area contributed by atoms with Crippen molar-refractivity contribution in [1.29, 1.82) is 0 Å². The molecule has 0 unspecified atom stereocenters. The molecule has 0 atom stereocenters. The van der Waals surface area contributed by atoms with Crippen LogP contribution in [0.1, 0.15) is 82.1 Å². The summed E-state index contributed by atoms with van der Waals surface area (Å²) in [5.74, 6) is -0.390. The number of hydrogen-bond acceptors (Lipinski definition) is 2. The van der Waals surface area contributed by atoms with Gasteiger partial charge in [0.05, 0.1) is 18.1 Å². The second-order valence-electron chi connectivity index (χ2n) is 4.83. The van der Waals surface area contributed by atoms with E-state index in [0.717, 1.165) is 19.3 Å². The highest BCUT2D eigenvalue weighted by molar-refractivity contribution is 5.69. The van der Waals surface area contributed by atoms with Crippen LogP contribution >= 0.6 is 0 Å². The molecule has 23 heavy (non-hydrogen) atoms. The second kappa shape index (κ2) is 18.5. The molecule has 2 nitrogen and oxygen atoms in total. The highest BCUT2D eigenvalue weighted by Crippen LogP contribution is 2.01. The molecule has 2 heteroatoms. The van der Waals surface area contributed by atoms with Crippen LogP contribution in [0.15, 0.2) is 48.4 Å². The van der Waals surface area contributed by atoms with E-state index < -0.39 is 0 Å². The van der Waals surface area contributed by atoms with E-state index in [1.54, 1.807) is 0 Å². The summed E-state index contributed by atoms with van der Waals surface area (Å²) in [6.45, 7) is 2.05. The minimum Gasteiger partial charge on any atom is -0.469 e. The van der Waals surface area contributed by atoms with Crippen molar-refractivity contribution >= 4 is 5.97 Å². The molecule has 0 saturated carbocycles. The van der Waals surface area contributed by atoms with Gasteiger partial charge in [-0.3, -0.25) is 4.79 Å². The molecule has 0 aliphatic heterocycles. The average molecular weight is 327 g/mol. The van der Waals surface area contributed by atoms with Gasteiger partial charge < -0.3 is 4.74 Å². The molecular weight excluding hydrogens is 284 g/mol. The third-order valence-electron chi connectivity index (χ3n) is 2.85. The lowest BCUT2D eigenvalue weighted by molar-refractivity contribution is -0.140. The molecule has 0 saturated heterocycles. The van der Waals surface area contributed by atoms with Crippen molar-refractivity contribution in [2.75, 3.05) is 7.11 Å². The van der Waals surface area contributed by atoms with Crippen LogP contribution in [0, 0.1) is 0 Å². The summed E-state index contributed by atoms with van der Waals surface area (Å²) >= 11 is 0. The molecule has 0 fully saturated rings. The van der Waals surface area contributed by atoms with Crippen molar-refractivity contribution in [3.8, 4) is 0 Å². The summed E-state index contributed by atoms with van der Waals surface area (Å²) in [4.78, 5) is 11.1. The van der Waals surface area contributed by atoms with Gasteiger partial charge in [-0.2, -0.15) is 0 Å². The fraction of sp³-hybridized carbons (Fsp3) is 0.571. The third kappa shape index (κ3) is 18.4. The van der Waals surface area contributed by atoms with Crippen LogP contribution in [0.2, 0.25) is 0 Å². The third-order valence-corrected chi connectivity index (χ3v) is 2.85. The molecule has 0 bridgehead atoms. The molecule has 0 aliphatic rings. The molecule has 0 aromatic heterocycles. The number of carbonyl (C=O) groups excluding carboxylic acids is 1. The molecule has 130 valence electrons. The Morgan fingerprint density at radius 3 is 1.78 bits per heavy atom. The molecular formula is C21H34O2. The van der Waals surface area contributed by atoms with Crippen LogP contribution in [0.3, 0.4) is 0 Å². The first kappa shape index (κ1) is 11.1. The number of methoxy groups -OCH3 is 1. The van der Waals surface area contributed by atoms with E-state index in [2.05, 4.69) is 4.74 Å². The summed E-state index contributed by atoms with van der Waals surface area (Å²) < 4.78 is 67.9. The molecule has 0 heterocycles. The van der Waals surface area contributed by atoms with Gasteiger partial charge in [0.1, 0.15) is 0 Å². The Labute approximate surface area is 154 Å². The second-order valence-corrected chi connectivity index (χ2v) is 4.83. The van der Waals surface area contributed by atoms with Crippen LogP contribution in [-0.2, 0) is 9.53 Å². The number of allylic oxidation sites excluding steroid dienone is 8. The van der Waals surface area contributed by atoms with E-state index in [1.165, 1.54) is 7.11 Å². The number of hydrogen-bond donors (Lipinski definition) is 0. The Morgan fingerprint density at radius 2 is 1.30 bits per heavy atom. The van der Waals surface area contributed by atoms with Gasteiger partial charge in [0.2, 0.25) is 0 Å². The molecule has 0 rings (SSSR count). The normalized spacial score (nSPS) is 20.6. The number of rotatable bonds is 14. The van der Waals surface area contributed by atoms with Crippen LogP contribution in [0.25, 0.3) is 0 Å². The van der Waals surface area contributed by atoms with Gasteiger partial charge in [0, 0.05) is 6.42 Å².